The lowest BCUT2D eigenvalue weighted by molar-refractivity contribution is 0.102. The molecule has 0 radical (unpaired) electrons. The number of amides is 1. The van der Waals surface area contributed by atoms with Gasteiger partial charge in [-0.3, -0.25) is 4.79 Å². The zero-order valence-electron chi connectivity index (χ0n) is 10.3. The second kappa shape index (κ2) is 5.20. The fourth-order valence-electron chi connectivity index (χ4n) is 1.74. The molecule has 0 spiro atoms. The molecule has 0 aromatic heterocycles. The van der Waals surface area contributed by atoms with Gasteiger partial charge in [0, 0.05) is 16.7 Å². The van der Waals surface area contributed by atoms with Crippen molar-refractivity contribution >= 4 is 28.9 Å². The van der Waals surface area contributed by atoms with E-state index in [1.807, 2.05) is 0 Å². The van der Waals surface area contributed by atoms with E-state index in [0.29, 0.717) is 22.0 Å². The van der Waals surface area contributed by atoms with E-state index < -0.39 is 0 Å². The summed E-state index contributed by atoms with van der Waals surface area (Å²) in [5.74, 6) is -0.218. The van der Waals surface area contributed by atoms with Crippen LogP contribution >= 0.6 is 11.6 Å². The van der Waals surface area contributed by atoms with Crippen molar-refractivity contribution in [1.82, 2.24) is 0 Å². The van der Waals surface area contributed by atoms with Gasteiger partial charge < -0.3 is 16.2 Å². The van der Waals surface area contributed by atoms with Gasteiger partial charge in [0.15, 0.2) is 0 Å². The van der Waals surface area contributed by atoms with Gasteiger partial charge in [0.1, 0.15) is 5.75 Å². The van der Waals surface area contributed by atoms with Gasteiger partial charge in [0.05, 0.1) is 11.4 Å². The molecule has 4 N–H and O–H groups in total. The number of hydrogen-bond acceptors (Lipinski definition) is 3. The molecule has 0 fully saturated rings. The summed E-state index contributed by atoms with van der Waals surface area (Å²) < 4.78 is 0. The molecule has 0 aliphatic rings. The third-order valence-electron chi connectivity index (χ3n) is 2.72. The zero-order chi connectivity index (χ0) is 14.0. The van der Waals surface area contributed by atoms with Crippen LogP contribution in [0.5, 0.6) is 5.75 Å². The first kappa shape index (κ1) is 13.2. The van der Waals surface area contributed by atoms with E-state index in [1.165, 1.54) is 12.1 Å². The zero-order valence-corrected chi connectivity index (χ0v) is 11.0. The second-order valence-corrected chi connectivity index (χ2v) is 4.62. The fourth-order valence-corrected chi connectivity index (χ4v) is 1.96. The molecule has 0 heterocycles. The Morgan fingerprint density at radius 2 is 2.00 bits per heavy atom. The van der Waals surface area contributed by atoms with Crippen molar-refractivity contribution in [3.05, 3.63) is 52.5 Å². The van der Waals surface area contributed by atoms with Crippen LogP contribution in [0.25, 0.3) is 0 Å². The van der Waals surface area contributed by atoms with Gasteiger partial charge in [-0.05, 0) is 42.8 Å². The standard InChI is InChI=1S/C14H13ClN2O2/c1-8-6-9(15)2-4-11(8)14(19)17-13-5-3-10(18)7-12(13)16/h2-7,18H,16H2,1H3,(H,17,19). The van der Waals surface area contributed by atoms with Crippen LogP contribution in [0.4, 0.5) is 11.4 Å². The van der Waals surface area contributed by atoms with Crippen molar-refractivity contribution in [3.8, 4) is 5.75 Å². The quantitative estimate of drug-likeness (QED) is 0.582. The minimum atomic E-state index is -0.272. The Morgan fingerprint density at radius 1 is 1.26 bits per heavy atom. The van der Waals surface area contributed by atoms with E-state index in [4.69, 9.17) is 17.3 Å². The number of phenolic OH excluding ortho intramolecular Hbond substituents is 1. The summed E-state index contributed by atoms with van der Waals surface area (Å²) in [5.41, 5.74) is 7.78. The average molecular weight is 277 g/mol. The van der Waals surface area contributed by atoms with Crippen molar-refractivity contribution in [1.29, 1.82) is 0 Å². The Labute approximate surface area is 115 Å². The van der Waals surface area contributed by atoms with Crippen LogP contribution in [0, 0.1) is 6.92 Å². The Bertz CT molecular complexity index is 641. The second-order valence-electron chi connectivity index (χ2n) is 4.18. The van der Waals surface area contributed by atoms with Crippen LogP contribution in [-0.2, 0) is 0 Å². The van der Waals surface area contributed by atoms with Crippen LogP contribution in [0.15, 0.2) is 36.4 Å². The summed E-state index contributed by atoms with van der Waals surface area (Å²) in [6.45, 7) is 1.81. The van der Waals surface area contributed by atoms with Crippen molar-refractivity contribution in [3.63, 3.8) is 0 Å². The van der Waals surface area contributed by atoms with Gasteiger partial charge in [-0.1, -0.05) is 11.6 Å². The minimum absolute atomic E-state index is 0.0539. The van der Waals surface area contributed by atoms with Gasteiger partial charge in [-0.2, -0.15) is 0 Å². The SMILES string of the molecule is Cc1cc(Cl)ccc1C(=O)Nc1ccc(O)cc1N. The number of halogens is 1. The highest BCUT2D eigenvalue weighted by Gasteiger charge is 2.11. The van der Waals surface area contributed by atoms with Gasteiger partial charge in [-0.15, -0.1) is 0 Å². The summed E-state index contributed by atoms with van der Waals surface area (Å²) in [6.07, 6.45) is 0. The largest absolute Gasteiger partial charge is 0.508 e. The van der Waals surface area contributed by atoms with Crippen molar-refractivity contribution in [2.45, 2.75) is 6.92 Å². The number of benzene rings is 2. The first-order valence-electron chi connectivity index (χ1n) is 5.63. The molecule has 2 aromatic rings. The molecular formula is C14H13ClN2O2. The van der Waals surface area contributed by atoms with Gasteiger partial charge in [0.2, 0.25) is 0 Å². The van der Waals surface area contributed by atoms with Crippen LogP contribution < -0.4 is 11.1 Å². The number of rotatable bonds is 2. The number of carbonyl (C=O) groups excluding carboxylic acids is 1. The topological polar surface area (TPSA) is 75.3 Å². The number of carbonyl (C=O) groups is 1. The number of nitrogens with one attached hydrogen (secondary N) is 1. The lowest BCUT2D eigenvalue weighted by atomic mass is 10.1. The van der Waals surface area contributed by atoms with Gasteiger partial charge in [-0.25, -0.2) is 0 Å². The molecule has 98 valence electrons. The average Bonchev–Trinajstić information content (AvgIpc) is 2.32. The number of aromatic hydroxyl groups is 1. The van der Waals surface area contributed by atoms with Crippen LogP contribution in [-0.4, -0.2) is 11.0 Å². The lowest BCUT2D eigenvalue weighted by Crippen LogP contribution is -2.14. The summed E-state index contributed by atoms with van der Waals surface area (Å²) in [7, 11) is 0. The van der Waals surface area contributed by atoms with E-state index >= 15 is 0 Å². The first-order chi connectivity index (χ1) is 8.97. The van der Waals surface area contributed by atoms with Crippen LogP contribution in [0.3, 0.4) is 0 Å². The number of hydrogen-bond donors (Lipinski definition) is 3. The molecular weight excluding hydrogens is 264 g/mol. The Kier molecular flexibility index (Phi) is 3.62. The van der Waals surface area contributed by atoms with E-state index in [0.717, 1.165) is 5.56 Å². The third kappa shape index (κ3) is 2.98. The van der Waals surface area contributed by atoms with Gasteiger partial charge in [0.25, 0.3) is 5.91 Å². The molecule has 0 saturated heterocycles. The van der Waals surface area contributed by atoms with Crippen molar-refractivity contribution in [2.75, 3.05) is 11.1 Å². The maximum atomic E-state index is 12.1. The number of nitrogen functional groups attached to an aromatic ring is 1. The summed E-state index contributed by atoms with van der Waals surface area (Å²) >= 11 is 5.84. The van der Waals surface area contributed by atoms with E-state index in [2.05, 4.69) is 5.32 Å². The molecule has 2 rings (SSSR count). The Hall–Kier alpha value is -2.20. The van der Waals surface area contributed by atoms with Crippen molar-refractivity contribution in [2.24, 2.45) is 0 Å². The Morgan fingerprint density at radius 3 is 2.63 bits per heavy atom. The monoisotopic (exact) mass is 276 g/mol. The van der Waals surface area contributed by atoms with E-state index in [-0.39, 0.29) is 11.7 Å². The molecule has 5 heteroatoms. The number of phenols is 1. The minimum Gasteiger partial charge on any atom is -0.508 e. The summed E-state index contributed by atoms with van der Waals surface area (Å²) in [5, 5.41) is 12.5. The molecule has 0 saturated carbocycles. The molecule has 2 aromatic carbocycles. The van der Waals surface area contributed by atoms with Crippen LogP contribution in [0.2, 0.25) is 5.02 Å². The maximum absolute atomic E-state index is 12.1. The highest BCUT2D eigenvalue weighted by atomic mass is 35.5. The molecule has 0 unspecified atom stereocenters. The predicted octanol–water partition coefficient (Wildman–Crippen LogP) is 3.19. The normalized spacial score (nSPS) is 10.2. The first-order valence-corrected chi connectivity index (χ1v) is 6.01. The fraction of sp³-hybridized carbons (Fsp3) is 0.0714. The molecule has 19 heavy (non-hydrogen) atoms. The molecule has 0 aliphatic carbocycles. The Balaban J connectivity index is 2.25. The lowest BCUT2D eigenvalue weighted by Gasteiger charge is -2.10. The molecule has 4 nitrogen and oxygen atoms in total. The number of nitrogens with two attached hydrogens (primary N) is 1. The van der Waals surface area contributed by atoms with Crippen LogP contribution in [0.1, 0.15) is 15.9 Å². The smallest absolute Gasteiger partial charge is 0.255 e. The van der Waals surface area contributed by atoms with Gasteiger partial charge >= 0.3 is 0 Å². The highest BCUT2D eigenvalue weighted by Crippen LogP contribution is 2.24. The maximum Gasteiger partial charge on any atom is 0.255 e. The third-order valence-corrected chi connectivity index (χ3v) is 2.95. The molecule has 0 aliphatic heterocycles. The molecule has 0 bridgehead atoms. The summed E-state index contributed by atoms with van der Waals surface area (Å²) in [4.78, 5) is 12.1. The summed E-state index contributed by atoms with van der Waals surface area (Å²) in [6, 6.07) is 9.42. The van der Waals surface area contributed by atoms with E-state index in [1.54, 1.807) is 31.2 Å². The van der Waals surface area contributed by atoms with E-state index in [9.17, 15) is 9.90 Å². The number of aryl methyl sites for hydroxylation is 1. The number of anilines is 2. The predicted molar refractivity (Wildman–Crippen MR) is 76.7 cm³/mol. The highest BCUT2D eigenvalue weighted by molar-refractivity contribution is 6.30. The van der Waals surface area contributed by atoms with Crippen molar-refractivity contribution < 1.29 is 9.90 Å². The molecule has 1 amide bonds. The molecule has 0 atom stereocenters.